The minimum atomic E-state index is -0.0445. The fourth-order valence-corrected chi connectivity index (χ4v) is 1.77. The van der Waals surface area contributed by atoms with Crippen molar-refractivity contribution in [3.05, 3.63) is 0 Å². The van der Waals surface area contributed by atoms with Crippen LogP contribution in [-0.4, -0.2) is 19.1 Å². The van der Waals surface area contributed by atoms with Crippen LogP contribution in [0.4, 0.5) is 0 Å². The molecule has 0 bridgehead atoms. The van der Waals surface area contributed by atoms with Crippen LogP contribution in [0.2, 0.25) is 0 Å². The Balaban J connectivity index is 0. The maximum absolute atomic E-state index is 11.4. The lowest BCUT2D eigenvalue weighted by Gasteiger charge is -2.14. The molecule has 0 aliphatic heterocycles. The fourth-order valence-electron chi connectivity index (χ4n) is 1.77. The molecule has 4 heteroatoms. The number of esters is 1. The van der Waals surface area contributed by atoms with Crippen molar-refractivity contribution >= 4 is 18.4 Å². The van der Waals surface area contributed by atoms with Crippen molar-refractivity contribution < 1.29 is 9.53 Å². The van der Waals surface area contributed by atoms with Gasteiger partial charge >= 0.3 is 5.97 Å². The van der Waals surface area contributed by atoms with E-state index in [9.17, 15) is 4.79 Å². The molecule has 0 fully saturated rings. The highest BCUT2D eigenvalue weighted by molar-refractivity contribution is 5.85. The summed E-state index contributed by atoms with van der Waals surface area (Å²) in [5, 5.41) is 0. The third kappa shape index (κ3) is 12.2. The molecule has 0 heterocycles. The van der Waals surface area contributed by atoms with E-state index in [0.717, 1.165) is 25.7 Å². The summed E-state index contributed by atoms with van der Waals surface area (Å²) in [4.78, 5) is 11.4. The summed E-state index contributed by atoms with van der Waals surface area (Å²) >= 11 is 0. The quantitative estimate of drug-likeness (QED) is 0.464. The highest BCUT2D eigenvalue weighted by atomic mass is 35.5. The molecule has 0 amide bonds. The predicted octanol–water partition coefficient (Wildman–Crippen LogP) is 3.69. The van der Waals surface area contributed by atoms with E-state index in [1.54, 1.807) is 0 Å². The number of rotatable bonds is 11. The van der Waals surface area contributed by atoms with Gasteiger partial charge < -0.3 is 10.5 Å². The molecule has 0 aliphatic carbocycles. The van der Waals surface area contributed by atoms with Gasteiger partial charge in [-0.2, -0.15) is 0 Å². The van der Waals surface area contributed by atoms with Crippen molar-refractivity contribution in [2.75, 3.05) is 13.2 Å². The molecule has 1 unspecified atom stereocenters. The summed E-state index contributed by atoms with van der Waals surface area (Å²) in [6.07, 6.45) is 8.19. The number of nitrogens with two attached hydrogens (primary N) is 1. The summed E-state index contributed by atoms with van der Waals surface area (Å²) < 4.78 is 5.30. The van der Waals surface area contributed by atoms with Crippen LogP contribution in [0.1, 0.15) is 65.2 Å². The summed E-state index contributed by atoms with van der Waals surface area (Å²) in [5.74, 6) is 0.500. The summed E-state index contributed by atoms with van der Waals surface area (Å²) in [5.41, 5.74) is 5.39. The van der Waals surface area contributed by atoms with Crippen molar-refractivity contribution in [2.24, 2.45) is 11.7 Å². The second-order valence-corrected chi connectivity index (χ2v) is 4.70. The van der Waals surface area contributed by atoms with E-state index >= 15 is 0 Å². The predicted molar refractivity (Wildman–Crippen MR) is 79.0 cm³/mol. The molecule has 0 radical (unpaired) electrons. The second-order valence-electron chi connectivity index (χ2n) is 4.70. The summed E-state index contributed by atoms with van der Waals surface area (Å²) in [7, 11) is 0. The average molecular weight is 280 g/mol. The van der Waals surface area contributed by atoms with Crippen LogP contribution < -0.4 is 5.73 Å². The zero-order chi connectivity index (χ0) is 12.9. The van der Waals surface area contributed by atoms with Gasteiger partial charge in [-0.3, -0.25) is 4.79 Å². The highest BCUT2D eigenvalue weighted by Crippen LogP contribution is 2.13. The van der Waals surface area contributed by atoms with Gasteiger partial charge in [-0.25, -0.2) is 0 Å². The van der Waals surface area contributed by atoms with E-state index in [1.165, 1.54) is 19.3 Å². The van der Waals surface area contributed by atoms with Gasteiger partial charge in [0.1, 0.15) is 0 Å². The van der Waals surface area contributed by atoms with Gasteiger partial charge in [0.2, 0.25) is 0 Å². The molecule has 0 rings (SSSR count). The minimum absolute atomic E-state index is 0. The molecule has 0 aromatic rings. The third-order valence-corrected chi connectivity index (χ3v) is 3.11. The van der Waals surface area contributed by atoms with Gasteiger partial charge in [-0.15, -0.1) is 12.4 Å². The zero-order valence-electron chi connectivity index (χ0n) is 12.0. The lowest BCUT2D eigenvalue weighted by molar-refractivity contribution is -0.145. The topological polar surface area (TPSA) is 52.3 Å². The zero-order valence-corrected chi connectivity index (χ0v) is 12.8. The third-order valence-electron chi connectivity index (χ3n) is 3.11. The Labute approximate surface area is 118 Å². The molecule has 3 nitrogen and oxygen atoms in total. The molecular weight excluding hydrogens is 250 g/mol. The molecule has 0 saturated heterocycles. The molecule has 0 aromatic heterocycles. The maximum atomic E-state index is 11.4. The fraction of sp³-hybridized carbons (Fsp3) is 0.929. The first kappa shape index (κ1) is 20.0. The Morgan fingerprint density at radius 3 is 2.44 bits per heavy atom. The Kier molecular flexibility index (Phi) is 16.5. The first-order valence-corrected chi connectivity index (χ1v) is 7.10. The molecule has 0 saturated carbocycles. The molecule has 1 atom stereocenters. The Hall–Kier alpha value is -0.280. The van der Waals surface area contributed by atoms with Crippen molar-refractivity contribution in [1.82, 2.24) is 0 Å². The first-order chi connectivity index (χ1) is 8.24. The van der Waals surface area contributed by atoms with Crippen LogP contribution >= 0.6 is 12.4 Å². The van der Waals surface area contributed by atoms with Crippen molar-refractivity contribution in [3.8, 4) is 0 Å². The molecular formula is C14H30ClNO2. The standard InChI is InChI=1S/C14H29NO2.ClH/c1-3-5-9-13(4-2)12-17-14(16)10-7-6-8-11-15;/h13H,3-12,15H2,1-2H3;1H. The number of halogens is 1. The smallest absolute Gasteiger partial charge is 0.305 e. The summed E-state index contributed by atoms with van der Waals surface area (Å²) in [6.45, 7) is 5.67. The van der Waals surface area contributed by atoms with E-state index in [-0.39, 0.29) is 18.4 Å². The number of ether oxygens (including phenoxy) is 1. The minimum Gasteiger partial charge on any atom is -0.465 e. The SMILES string of the molecule is CCCCC(CC)COC(=O)CCCCCN.Cl. The molecule has 18 heavy (non-hydrogen) atoms. The molecule has 0 aromatic carbocycles. The van der Waals surface area contributed by atoms with Crippen molar-refractivity contribution in [2.45, 2.75) is 65.2 Å². The van der Waals surface area contributed by atoms with Crippen LogP contribution in [0.3, 0.4) is 0 Å². The maximum Gasteiger partial charge on any atom is 0.305 e. The number of carbonyl (C=O) groups excluding carboxylic acids is 1. The van der Waals surface area contributed by atoms with E-state index in [4.69, 9.17) is 10.5 Å². The number of carbonyl (C=O) groups is 1. The Morgan fingerprint density at radius 2 is 1.89 bits per heavy atom. The average Bonchev–Trinajstić information content (AvgIpc) is 2.35. The van der Waals surface area contributed by atoms with Crippen LogP contribution in [0.5, 0.6) is 0 Å². The normalized spacial score (nSPS) is 11.7. The molecule has 110 valence electrons. The largest absolute Gasteiger partial charge is 0.465 e. The van der Waals surface area contributed by atoms with E-state index in [1.807, 2.05) is 0 Å². The Bertz CT molecular complexity index is 189. The van der Waals surface area contributed by atoms with Gasteiger partial charge in [0, 0.05) is 6.42 Å². The van der Waals surface area contributed by atoms with Gasteiger partial charge in [0.05, 0.1) is 6.61 Å². The van der Waals surface area contributed by atoms with Gasteiger partial charge in [-0.1, -0.05) is 39.5 Å². The second kappa shape index (κ2) is 14.8. The number of hydrogen-bond acceptors (Lipinski definition) is 3. The van der Waals surface area contributed by atoms with Crippen LogP contribution in [0.25, 0.3) is 0 Å². The van der Waals surface area contributed by atoms with E-state index < -0.39 is 0 Å². The van der Waals surface area contributed by atoms with E-state index in [0.29, 0.717) is 25.5 Å². The molecule has 0 spiro atoms. The van der Waals surface area contributed by atoms with E-state index in [2.05, 4.69) is 13.8 Å². The van der Waals surface area contributed by atoms with Crippen molar-refractivity contribution in [3.63, 3.8) is 0 Å². The molecule has 0 aliphatic rings. The Morgan fingerprint density at radius 1 is 1.17 bits per heavy atom. The first-order valence-electron chi connectivity index (χ1n) is 7.10. The summed E-state index contributed by atoms with van der Waals surface area (Å²) in [6, 6.07) is 0. The number of unbranched alkanes of at least 4 members (excludes halogenated alkanes) is 3. The van der Waals surface area contributed by atoms with Crippen molar-refractivity contribution in [1.29, 1.82) is 0 Å². The van der Waals surface area contributed by atoms with Crippen LogP contribution in [-0.2, 0) is 9.53 Å². The van der Waals surface area contributed by atoms with Gasteiger partial charge in [0.15, 0.2) is 0 Å². The van der Waals surface area contributed by atoms with Gasteiger partial charge in [-0.05, 0) is 31.7 Å². The molecule has 2 N–H and O–H groups in total. The monoisotopic (exact) mass is 279 g/mol. The lowest BCUT2D eigenvalue weighted by Crippen LogP contribution is -2.13. The number of hydrogen-bond donors (Lipinski definition) is 1. The lowest BCUT2D eigenvalue weighted by atomic mass is 10.0. The van der Waals surface area contributed by atoms with Crippen LogP contribution in [0, 0.1) is 5.92 Å². The highest BCUT2D eigenvalue weighted by Gasteiger charge is 2.09. The van der Waals surface area contributed by atoms with Gasteiger partial charge in [0.25, 0.3) is 0 Å². The van der Waals surface area contributed by atoms with Crippen LogP contribution in [0.15, 0.2) is 0 Å².